The molecule has 0 saturated heterocycles. The third kappa shape index (κ3) is 8.05. The zero-order valence-electron chi connectivity index (χ0n) is 13.4. The van der Waals surface area contributed by atoms with E-state index in [-0.39, 0.29) is 42.4 Å². The Kier molecular flexibility index (Phi) is 9.66. The lowest BCUT2D eigenvalue weighted by Gasteiger charge is -2.09. The molecule has 0 unspecified atom stereocenters. The molecular formula is C16H20F2IN5O. The van der Waals surface area contributed by atoms with E-state index in [1.165, 1.54) is 6.20 Å². The molecule has 0 saturated carbocycles. The van der Waals surface area contributed by atoms with Crippen LogP contribution in [-0.2, 0) is 13.0 Å². The first-order valence-electron chi connectivity index (χ1n) is 7.43. The van der Waals surface area contributed by atoms with Crippen molar-refractivity contribution in [3.8, 4) is 5.88 Å². The molecule has 3 N–H and O–H groups in total. The molecule has 136 valence electrons. The summed E-state index contributed by atoms with van der Waals surface area (Å²) in [6.45, 7) is 0.0779. The Morgan fingerprint density at radius 2 is 2.00 bits per heavy atom. The summed E-state index contributed by atoms with van der Waals surface area (Å²) in [5.41, 5.74) is 7.34. The summed E-state index contributed by atoms with van der Waals surface area (Å²) in [7, 11) is 0. The standard InChI is InChI=1S/C16H19F2N5O.HI/c17-14(18)11-24-15-12(4-3-8-21-15)10-23-16(19)22-9-6-13-5-1-2-7-20-13;/h1-5,7-8,14H,6,9-11H2,(H3,19,22,23);1H. The molecular weight excluding hydrogens is 443 g/mol. The predicted molar refractivity (Wildman–Crippen MR) is 102 cm³/mol. The summed E-state index contributed by atoms with van der Waals surface area (Å²) in [5, 5.41) is 2.98. The molecule has 0 aromatic carbocycles. The van der Waals surface area contributed by atoms with E-state index >= 15 is 0 Å². The Morgan fingerprint density at radius 1 is 1.20 bits per heavy atom. The maximum Gasteiger partial charge on any atom is 0.272 e. The van der Waals surface area contributed by atoms with Crippen LogP contribution in [-0.4, -0.2) is 35.5 Å². The minimum absolute atomic E-state index is 0. The number of alkyl halides is 2. The van der Waals surface area contributed by atoms with Crippen LogP contribution >= 0.6 is 24.0 Å². The molecule has 2 heterocycles. The van der Waals surface area contributed by atoms with Gasteiger partial charge in [0.15, 0.2) is 12.6 Å². The van der Waals surface area contributed by atoms with Gasteiger partial charge in [0.05, 0.1) is 6.54 Å². The third-order valence-electron chi connectivity index (χ3n) is 3.03. The fourth-order valence-electron chi connectivity index (χ4n) is 1.91. The Bertz CT molecular complexity index is 658. The number of nitrogens with one attached hydrogen (secondary N) is 1. The van der Waals surface area contributed by atoms with Crippen LogP contribution in [0.4, 0.5) is 8.78 Å². The minimum atomic E-state index is -2.55. The molecule has 0 spiro atoms. The van der Waals surface area contributed by atoms with Crippen LogP contribution in [0, 0.1) is 0 Å². The van der Waals surface area contributed by atoms with Crippen molar-refractivity contribution in [3.63, 3.8) is 0 Å². The van der Waals surface area contributed by atoms with Crippen LogP contribution in [0.15, 0.2) is 47.7 Å². The zero-order chi connectivity index (χ0) is 17.2. The summed E-state index contributed by atoms with van der Waals surface area (Å²) in [5.74, 6) is 0.400. The Morgan fingerprint density at radius 3 is 2.72 bits per heavy atom. The topological polar surface area (TPSA) is 85.4 Å². The second-order valence-corrected chi connectivity index (χ2v) is 4.87. The molecule has 2 rings (SSSR count). The number of halogens is 3. The van der Waals surface area contributed by atoms with Gasteiger partial charge in [-0.15, -0.1) is 24.0 Å². The van der Waals surface area contributed by atoms with Gasteiger partial charge in [0.25, 0.3) is 6.43 Å². The van der Waals surface area contributed by atoms with Gasteiger partial charge in [0.2, 0.25) is 5.88 Å². The van der Waals surface area contributed by atoms with Crippen LogP contribution in [0.1, 0.15) is 11.3 Å². The maximum atomic E-state index is 12.2. The van der Waals surface area contributed by atoms with Crippen molar-refractivity contribution in [2.75, 3.05) is 13.2 Å². The van der Waals surface area contributed by atoms with Crippen LogP contribution in [0.2, 0.25) is 0 Å². The number of nitrogens with two attached hydrogens (primary N) is 1. The molecule has 0 aliphatic carbocycles. The van der Waals surface area contributed by atoms with Gasteiger partial charge in [-0.3, -0.25) is 4.98 Å². The molecule has 0 atom stereocenters. The third-order valence-corrected chi connectivity index (χ3v) is 3.03. The van der Waals surface area contributed by atoms with Gasteiger partial charge in [0.1, 0.15) is 0 Å². The van der Waals surface area contributed by atoms with Crippen molar-refractivity contribution in [2.24, 2.45) is 10.7 Å². The lowest BCUT2D eigenvalue weighted by Crippen LogP contribution is -2.33. The van der Waals surface area contributed by atoms with Crippen molar-refractivity contribution in [1.29, 1.82) is 0 Å². The smallest absolute Gasteiger partial charge is 0.272 e. The van der Waals surface area contributed by atoms with E-state index in [4.69, 9.17) is 10.5 Å². The molecule has 0 bridgehead atoms. The number of aromatic nitrogens is 2. The van der Waals surface area contributed by atoms with Gasteiger partial charge < -0.3 is 15.8 Å². The highest BCUT2D eigenvalue weighted by Gasteiger charge is 2.08. The molecule has 2 aromatic rings. The van der Waals surface area contributed by atoms with Gasteiger partial charge in [-0.1, -0.05) is 12.1 Å². The lowest BCUT2D eigenvalue weighted by atomic mass is 10.2. The normalized spacial score (nSPS) is 11.1. The second-order valence-electron chi connectivity index (χ2n) is 4.87. The van der Waals surface area contributed by atoms with E-state index in [9.17, 15) is 8.78 Å². The molecule has 2 aromatic heterocycles. The van der Waals surface area contributed by atoms with E-state index in [1.54, 1.807) is 18.3 Å². The summed E-state index contributed by atoms with van der Waals surface area (Å²) in [6, 6.07) is 9.10. The van der Waals surface area contributed by atoms with Crippen molar-refractivity contribution in [2.45, 2.75) is 19.4 Å². The first-order valence-corrected chi connectivity index (χ1v) is 7.43. The highest BCUT2D eigenvalue weighted by molar-refractivity contribution is 14.0. The monoisotopic (exact) mass is 463 g/mol. The highest BCUT2D eigenvalue weighted by Crippen LogP contribution is 2.16. The SMILES string of the molecule is I.NC(=NCc1cccnc1OCC(F)F)NCCc1ccccn1. The van der Waals surface area contributed by atoms with Crippen LogP contribution in [0.3, 0.4) is 0 Å². The Hall–Kier alpha value is -2.04. The highest BCUT2D eigenvalue weighted by atomic mass is 127. The number of aliphatic imine (C=N–C) groups is 1. The lowest BCUT2D eigenvalue weighted by molar-refractivity contribution is 0.0791. The van der Waals surface area contributed by atoms with Crippen LogP contribution in [0.25, 0.3) is 0 Å². The fraction of sp³-hybridized carbons (Fsp3) is 0.312. The number of guanidine groups is 1. The maximum absolute atomic E-state index is 12.2. The summed E-state index contributed by atoms with van der Waals surface area (Å²) in [4.78, 5) is 12.3. The number of hydrogen-bond donors (Lipinski definition) is 2. The molecule has 0 amide bonds. The van der Waals surface area contributed by atoms with E-state index in [0.717, 1.165) is 5.69 Å². The quantitative estimate of drug-likeness (QED) is 0.357. The Balaban J connectivity index is 0.00000312. The van der Waals surface area contributed by atoms with Crippen molar-refractivity contribution in [3.05, 3.63) is 54.0 Å². The van der Waals surface area contributed by atoms with E-state index in [0.29, 0.717) is 18.5 Å². The van der Waals surface area contributed by atoms with Gasteiger partial charge in [0, 0.05) is 36.6 Å². The van der Waals surface area contributed by atoms with E-state index in [2.05, 4.69) is 20.3 Å². The number of nitrogens with zero attached hydrogens (tertiary/aromatic N) is 3. The molecule has 0 aliphatic heterocycles. The molecule has 0 aliphatic rings. The number of pyridine rings is 2. The van der Waals surface area contributed by atoms with Crippen molar-refractivity contribution in [1.82, 2.24) is 15.3 Å². The minimum Gasteiger partial charge on any atom is -0.471 e. The average Bonchev–Trinajstić information content (AvgIpc) is 2.59. The van der Waals surface area contributed by atoms with Crippen LogP contribution in [0.5, 0.6) is 5.88 Å². The van der Waals surface area contributed by atoms with Gasteiger partial charge in [-0.25, -0.2) is 18.8 Å². The van der Waals surface area contributed by atoms with E-state index in [1.807, 2.05) is 18.2 Å². The van der Waals surface area contributed by atoms with Crippen molar-refractivity contribution >= 4 is 29.9 Å². The Labute approximate surface area is 161 Å². The predicted octanol–water partition coefficient (Wildman–Crippen LogP) is 2.39. The van der Waals surface area contributed by atoms with Gasteiger partial charge in [-0.05, 0) is 18.2 Å². The first kappa shape index (κ1) is 21.0. The molecule has 0 fully saturated rings. The largest absolute Gasteiger partial charge is 0.471 e. The van der Waals surface area contributed by atoms with Gasteiger partial charge >= 0.3 is 0 Å². The molecule has 6 nitrogen and oxygen atoms in total. The second kappa shape index (κ2) is 11.5. The summed E-state index contributed by atoms with van der Waals surface area (Å²) >= 11 is 0. The summed E-state index contributed by atoms with van der Waals surface area (Å²) in [6.07, 6.45) is 1.37. The summed E-state index contributed by atoms with van der Waals surface area (Å²) < 4.78 is 29.4. The molecule has 25 heavy (non-hydrogen) atoms. The average molecular weight is 463 g/mol. The first-order chi connectivity index (χ1) is 11.6. The van der Waals surface area contributed by atoms with Crippen LogP contribution < -0.4 is 15.8 Å². The zero-order valence-corrected chi connectivity index (χ0v) is 15.8. The number of rotatable bonds is 8. The van der Waals surface area contributed by atoms with E-state index < -0.39 is 13.0 Å². The molecule has 9 heteroatoms. The fourth-order valence-corrected chi connectivity index (χ4v) is 1.91. The number of hydrogen-bond acceptors (Lipinski definition) is 4. The molecule has 0 radical (unpaired) electrons. The number of ether oxygens (including phenoxy) is 1. The van der Waals surface area contributed by atoms with Gasteiger partial charge in [-0.2, -0.15) is 0 Å². The van der Waals surface area contributed by atoms with Crippen molar-refractivity contribution < 1.29 is 13.5 Å².